The zero-order chi connectivity index (χ0) is 9.84. The van der Waals surface area contributed by atoms with Crippen LogP contribution in [0.15, 0.2) is 12.1 Å². The largest absolute Gasteiger partial charge is 0.496 e. The predicted molar refractivity (Wildman–Crippen MR) is 42.2 cm³/mol. The molecule has 4 heteroatoms. The molecule has 0 saturated carbocycles. The van der Waals surface area contributed by atoms with Gasteiger partial charge in [-0.15, -0.1) is 0 Å². The number of benzene rings is 1. The minimum atomic E-state index is -0.751. The van der Waals surface area contributed by atoms with Crippen molar-refractivity contribution in [1.82, 2.24) is 0 Å². The number of ether oxygens (including phenoxy) is 1. The average molecular weight is 183 g/mol. The first-order valence-corrected chi connectivity index (χ1v) is 3.58. The van der Waals surface area contributed by atoms with Crippen molar-refractivity contribution in [1.29, 1.82) is 5.26 Å². The molecule has 0 aromatic heterocycles. The molecule has 0 saturated heterocycles. The molecule has 1 aromatic rings. The quantitative estimate of drug-likeness (QED) is 0.702. The first kappa shape index (κ1) is 9.46. The third kappa shape index (κ3) is 1.94. The Kier molecular flexibility index (Phi) is 2.80. The van der Waals surface area contributed by atoms with Crippen molar-refractivity contribution in [3.8, 4) is 11.8 Å². The topological polar surface area (TPSA) is 33.0 Å². The number of nitriles is 1. The van der Waals surface area contributed by atoms with E-state index in [9.17, 15) is 8.78 Å². The highest BCUT2D eigenvalue weighted by Crippen LogP contribution is 2.23. The maximum Gasteiger partial charge on any atom is 0.134 e. The monoisotopic (exact) mass is 183 g/mol. The van der Waals surface area contributed by atoms with E-state index in [4.69, 9.17) is 10.00 Å². The highest BCUT2D eigenvalue weighted by molar-refractivity contribution is 5.37. The molecular weight excluding hydrogens is 176 g/mol. The van der Waals surface area contributed by atoms with Gasteiger partial charge in [0.2, 0.25) is 0 Å². The van der Waals surface area contributed by atoms with Gasteiger partial charge in [0.15, 0.2) is 0 Å². The Morgan fingerprint density at radius 3 is 2.69 bits per heavy atom. The van der Waals surface area contributed by atoms with E-state index in [-0.39, 0.29) is 17.7 Å². The normalized spacial score (nSPS) is 9.38. The third-order valence-electron chi connectivity index (χ3n) is 1.60. The van der Waals surface area contributed by atoms with Gasteiger partial charge in [-0.1, -0.05) is 0 Å². The molecule has 0 aliphatic rings. The van der Waals surface area contributed by atoms with Gasteiger partial charge in [-0.25, -0.2) is 8.78 Å². The third-order valence-corrected chi connectivity index (χ3v) is 1.60. The average Bonchev–Trinajstić information content (AvgIpc) is 2.09. The van der Waals surface area contributed by atoms with Crippen LogP contribution in [0.5, 0.6) is 5.75 Å². The van der Waals surface area contributed by atoms with E-state index in [1.807, 2.05) is 0 Å². The summed E-state index contributed by atoms with van der Waals surface area (Å²) < 4.78 is 30.4. The number of halogens is 2. The van der Waals surface area contributed by atoms with Gasteiger partial charge in [0.1, 0.15) is 17.4 Å². The Bertz CT molecular complexity index is 357. The number of hydrogen-bond acceptors (Lipinski definition) is 2. The molecule has 2 nitrogen and oxygen atoms in total. The van der Waals surface area contributed by atoms with Gasteiger partial charge in [0.25, 0.3) is 0 Å². The van der Waals surface area contributed by atoms with Crippen molar-refractivity contribution in [2.75, 3.05) is 7.11 Å². The second kappa shape index (κ2) is 3.85. The summed E-state index contributed by atoms with van der Waals surface area (Å²) in [5, 5.41) is 8.37. The predicted octanol–water partition coefficient (Wildman–Crippen LogP) is 2.04. The van der Waals surface area contributed by atoms with Crippen molar-refractivity contribution in [3.63, 3.8) is 0 Å². The Morgan fingerprint density at radius 2 is 2.15 bits per heavy atom. The fourth-order valence-corrected chi connectivity index (χ4v) is 1.01. The molecule has 0 bridgehead atoms. The fourth-order valence-electron chi connectivity index (χ4n) is 1.01. The summed E-state index contributed by atoms with van der Waals surface area (Å²) in [7, 11) is 1.30. The Morgan fingerprint density at radius 1 is 1.46 bits per heavy atom. The minimum absolute atomic E-state index is 0.0686. The zero-order valence-corrected chi connectivity index (χ0v) is 6.97. The highest BCUT2D eigenvalue weighted by atomic mass is 19.1. The molecule has 0 fully saturated rings. The van der Waals surface area contributed by atoms with Crippen LogP contribution in [0.1, 0.15) is 5.56 Å². The van der Waals surface area contributed by atoms with E-state index < -0.39 is 11.6 Å². The molecule has 0 radical (unpaired) electrons. The van der Waals surface area contributed by atoms with Gasteiger partial charge in [0, 0.05) is 17.7 Å². The van der Waals surface area contributed by atoms with Crippen molar-refractivity contribution in [2.24, 2.45) is 0 Å². The highest BCUT2D eigenvalue weighted by Gasteiger charge is 2.10. The standard InChI is InChI=1S/C9H7F2NO/c1-13-9-5-6(10)4-8(11)7(9)2-3-12/h4-5H,2H2,1H3. The SMILES string of the molecule is COc1cc(F)cc(F)c1CC#N. The number of hydrogen-bond donors (Lipinski definition) is 0. The van der Waals surface area contributed by atoms with E-state index in [1.165, 1.54) is 7.11 Å². The van der Waals surface area contributed by atoms with E-state index in [0.29, 0.717) is 0 Å². The molecule has 0 heterocycles. The summed E-state index contributed by atoms with van der Waals surface area (Å²) in [6.45, 7) is 0. The lowest BCUT2D eigenvalue weighted by atomic mass is 10.1. The van der Waals surface area contributed by atoms with Crippen LogP contribution in [-0.4, -0.2) is 7.11 Å². The summed E-state index contributed by atoms with van der Waals surface area (Å²) in [6.07, 6.45) is -0.130. The van der Waals surface area contributed by atoms with E-state index >= 15 is 0 Å². The number of rotatable bonds is 2. The Hall–Kier alpha value is -1.63. The van der Waals surface area contributed by atoms with Crippen LogP contribution in [0.4, 0.5) is 8.78 Å². The Balaban J connectivity index is 3.23. The van der Waals surface area contributed by atoms with Gasteiger partial charge < -0.3 is 4.74 Å². The summed E-state index contributed by atoms with van der Waals surface area (Å²) in [4.78, 5) is 0. The second-order valence-corrected chi connectivity index (χ2v) is 2.40. The molecule has 0 N–H and O–H groups in total. The molecule has 0 spiro atoms. The second-order valence-electron chi connectivity index (χ2n) is 2.40. The first-order valence-electron chi connectivity index (χ1n) is 3.58. The van der Waals surface area contributed by atoms with Crippen LogP contribution >= 0.6 is 0 Å². The molecular formula is C9H7F2NO. The molecule has 0 aliphatic carbocycles. The van der Waals surface area contributed by atoms with Crippen LogP contribution in [-0.2, 0) is 6.42 Å². The van der Waals surface area contributed by atoms with Crippen LogP contribution in [0.2, 0.25) is 0 Å². The van der Waals surface area contributed by atoms with Gasteiger partial charge in [-0.05, 0) is 0 Å². The van der Waals surface area contributed by atoms with Crippen LogP contribution in [0.25, 0.3) is 0 Å². The van der Waals surface area contributed by atoms with Crippen molar-refractivity contribution >= 4 is 0 Å². The lowest BCUT2D eigenvalue weighted by molar-refractivity contribution is 0.401. The molecule has 68 valence electrons. The summed E-state index contributed by atoms with van der Waals surface area (Å²) in [5.74, 6) is -1.39. The molecule has 13 heavy (non-hydrogen) atoms. The molecule has 0 unspecified atom stereocenters. The van der Waals surface area contributed by atoms with Gasteiger partial charge in [-0.3, -0.25) is 0 Å². The molecule has 0 atom stereocenters. The summed E-state index contributed by atoms with van der Waals surface area (Å²) >= 11 is 0. The van der Waals surface area contributed by atoms with Crippen molar-refractivity contribution < 1.29 is 13.5 Å². The van der Waals surface area contributed by atoms with Crippen LogP contribution < -0.4 is 4.74 Å². The van der Waals surface area contributed by atoms with Gasteiger partial charge in [0.05, 0.1) is 19.6 Å². The molecule has 1 aromatic carbocycles. The summed E-state index contributed by atoms with van der Waals surface area (Å²) in [6, 6.07) is 3.56. The lowest BCUT2D eigenvalue weighted by Crippen LogP contribution is -1.96. The van der Waals surface area contributed by atoms with Gasteiger partial charge >= 0.3 is 0 Å². The number of nitrogens with zero attached hydrogens (tertiary/aromatic N) is 1. The first-order chi connectivity index (χ1) is 6.19. The molecule has 0 aliphatic heterocycles. The summed E-state index contributed by atoms with van der Waals surface area (Å²) in [5.41, 5.74) is 0.0893. The van der Waals surface area contributed by atoms with E-state index in [0.717, 1.165) is 12.1 Å². The van der Waals surface area contributed by atoms with Crippen LogP contribution in [0, 0.1) is 23.0 Å². The minimum Gasteiger partial charge on any atom is -0.496 e. The van der Waals surface area contributed by atoms with E-state index in [2.05, 4.69) is 0 Å². The molecule has 0 amide bonds. The lowest BCUT2D eigenvalue weighted by Gasteiger charge is -2.06. The Labute approximate surface area is 74.4 Å². The fraction of sp³-hybridized carbons (Fsp3) is 0.222. The maximum atomic E-state index is 13.0. The van der Waals surface area contributed by atoms with Crippen molar-refractivity contribution in [2.45, 2.75) is 6.42 Å². The number of methoxy groups -OCH3 is 1. The maximum absolute atomic E-state index is 13.0. The van der Waals surface area contributed by atoms with E-state index in [1.54, 1.807) is 6.07 Å². The molecule has 1 rings (SSSR count). The zero-order valence-electron chi connectivity index (χ0n) is 6.97. The van der Waals surface area contributed by atoms with Crippen LogP contribution in [0.3, 0.4) is 0 Å². The smallest absolute Gasteiger partial charge is 0.134 e. The van der Waals surface area contributed by atoms with Gasteiger partial charge in [-0.2, -0.15) is 5.26 Å². The van der Waals surface area contributed by atoms with Crippen molar-refractivity contribution in [3.05, 3.63) is 29.3 Å².